The average Bonchev–Trinajstić information content (AvgIpc) is 2.68. The predicted octanol–water partition coefficient (Wildman–Crippen LogP) is 1.21. The topological polar surface area (TPSA) is 97.4 Å². The minimum Gasteiger partial charge on any atom is -0.388 e. The minimum atomic E-state index is -0.971. The van der Waals surface area contributed by atoms with E-state index in [1.54, 1.807) is 14.0 Å². The fraction of sp³-hybridized carbons (Fsp3) is 0.583. The van der Waals surface area contributed by atoms with E-state index < -0.39 is 16.4 Å². The van der Waals surface area contributed by atoms with Crippen LogP contribution in [0.5, 0.6) is 0 Å². The van der Waals surface area contributed by atoms with Crippen LogP contribution in [0.15, 0.2) is 12.3 Å². The number of amides is 1. The molecule has 19 heavy (non-hydrogen) atoms. The number of aliphatic hydroxyl groups is 1. The van der Waals surface area contributed by atoms with Gasteiger partial charge in [-0.15, -0.1) is 0 Å². The summed E-state index contributed by atoms with van der Waals surface area (Å²) in [6, 6.07) is 1.21. The van der Waals surface area contributed by atoms with Gasteiger partial charge in [-0.2, -0.15) is 0 Å². The Bertz CT molecular complexity index is 479. The second-order valence-corrected chi connectivity index (χ2v) is 4.88. The molecule has 7 heteroatoms. The van der Waals surface area contributed by atoms with Crippen LogP contribution in [-0.2, 0) is 7.05 Å². The van der Waals surface area contributed by atoms with E-state index in [0.717, 1.165) is 6.42 Å². The first-order valence-corrected chi connectivity index (χ1v) is 6.08. The molecule has 7 nitrogen and oxygen atoms in total. The Morgan fingerprint density at radius 3 is 2.74 bits per heavy atom. The molecule has 0 aromatic carbocycles. The molecule has 0 fully saturated rings. The summed E-state index contributed by atoms with van der Waals surface area (Å²) in [5.74, 6) is -0.438. The number of carbonyl (C=O) groups is 1. The van der Waals surface area contributed by atoms with Crippen LogP contribution in [0.2, 0.25) is 0 Å². The van der Waals surface area contributed by atoms with Crippen molar-refractivity contribution in [2.24, 2.45) is 7.05 Å². The number of hydrogen-bond acceptors (Lipinski definition) is 4. The molecule has 0 saturated heterocycles. The molecule has 0 saturated carbocycles. The lowest BCUT2D eigenvalue weighted by molar-refractivity contribution is -0.384. The van der Waals surface area contributed by atoms with E-state index in [1.807, 2.05) is 6.92 Å². The smallest absolute Gasteiger partial charge is 0.287 e. The largest absolute Gasteiger partial charge is 0.388 e. The Labute approximate surface area is 111 Å². The highest BCUT2D eigenvalue weighted by Crippen LogP contribution is 2.15. The van der Waals surface area contributed by atoms with Crippen molar-refractivity contribution >= 4 is 11.6 Å². The first kappa shape index (κ1) is 15.2. The van der Waals surface area contributed by atoms with Crippen molar-refractivity contribution in [2.45, 2.75) is 32.3 Å². The van der Waals surface area contributed by atoms with Gasteiger partial charge in [-0.25, -0.2) is 0 Å². The lowest BCUT2D eigenvalue weighted by Gasteiger charge is -2.22. The van der Waals surface area contributed by atoms with Gasteiger partial charge in [0.05, 0.1) is 16.7 Å². The van der Waals surface area contributed by atoms with Crippen molar-refractivity contribution in [1.29, 1.82) is 0 Å². The summed E-state index contributed by atoms with van der Waals surface area (Å²) in [6.07, 6.45) is 2.65. The standard InChI is InChI=1S/C12H19N3O4/c1-4-5-12(2,17)8-13-11(16)10-6-9(15(18)19)7-14(10)3/h6-7,17H,4-5,8H2,1-3H3,(H,13,16). The van der Waals surface area contributed by atoms with Crippen LogP contribution in [0.25, 0.3) is 0 Å². The maximum absolute atomic E-state index is 11.9. The van der Waals surface area contributed by atoms with Crippen molar-refractivity contribution in [2.75, 3.05) is 6.54 Å². The quantitative estimate of drug-likeness (QED) is 0.599. The van der Waals surface area contributed by atoms with Gasteiger partial charge in [0.25, 0.3) is 11.6 Å². The molecule has 1 atom stereocenters. The fourth-order valence-corrected chi connectivity index (χ4v) is 1.86. The van der Waals surface area contributed by atoms with Gasteiger partial charge >= 0.3 is 0 Å². The summed E-state index contributed by atoms with van der Waals surface area (Å²) >= 11 is 0. The molecule has 2 N–H and O–H groups in total. The zero-order valence-electron chi connectivity index (χ0n) is 11.3. The summed E-state index contributed by atoms with van der Waals surface area (Å²) in [6.45, 7) is 3.69. The molecule has 0 spiro atoms. The van der Waals surface area contributed by atoms with E-state index in [4.69, 9.17) is 0 Å². The lowest BCUT2D eigenvalue weighted by atomic mass is 10.0. The molecular weight excluding hydrogens is 250 g/mol. The molecular formula is C12H19N3O4. The molecule has 0 aliphatic heterocycles. The SMILES string of the molecule is CCCC(C)(O)CNC(=O)c1cc([N+](=O)[O-])cn1C. The normalized spacial score (nSPS) is 13.9. The molecule has 1 unspecified atom stereocenters. The maximum atomic E-state index is 11.9. The minimum absolute atomic E-state index is 0.110. The van der Waals surface area contributed by atoms with Crippen LogP contribution in [0.4, 0.5) is 5.69 Å². The van der Waals surface area contributed by atoms with Crippen molar-refractivity contribution in [3.8, 4) is 0 Å². The van der Waals surface area contributed by atoms with Gasteiger partial charge in [0.15, 0.2) is 0 Å². The summed E-state index contributed by atoms with van der Waals surface area (Å²) < 4.78 is 1.39. The van der Waals surface area contributed by atoms with Crippen LogP contribution in [-0.4, -0.2) is 32.6 Å². The van der Waals surface area contributed by atoms with Gasteiger partial charge in [0, 0.05) is 19.7 Å². The number of aromatic nitrogens is 1. The number of aryl methyl sites for hydroxylation is 1. The number of nitrogens with one attached hydrogen (secondary N) is 1. The predicted molar refractivity (Wildman–Crippen MR) is 69.9 cm³/mol. The van der Waals surface area contributed by atoms with Gasteiger partial charge in [0.1, 0.15) is 5.69 Å². The van der Waals surface area contributed by atoms with E-state index >= 15 is 0 Å². The van der Waals surface area contributed by atoms with Gasteiger partial charge in [-0.3, -0.25) is 14.9 Å². The van der Waals surface area contributed by atoms with Crippen LogP contribution < -0.4 is 5.32 Å². The molecule has 106 valence electrons. The summed E-state index contributed by atoms with van der Waals surface area (Å²) in [4.78, 5) is 21.9. The molecule has 0 aliphatic rings. The van der Waals surface area contributed by atoms with Gasteiger partial charge in [-0.05, 0) is 13.3 Å². The third kappa shape index (κ3) is 4.06. The fourth-order valence-electron chi connectivity index (χ4n) is 1.86. The van der Waals surface area contributed by atoms with Crippen molar-refractivity contribution in [3.05, 3.63) is 28.1 Å². The molecule has 1 heterocycles. The number of nitrogens with zero attached hydrogens (tertiary/aromatic N) is 2. The van der Waals surface area contributed by atoms with Gasteiger partial charge in [0.2, 0.25) is 0 Å². The molecule has 1 aromatic heterocycles. The van der Waals surface area contributed by atoms with Crippen LogP contribution in [0, 0.1) is 10.1 Å². The third-order valence-electron chi connectivity index (χ3n) is 2.85. The first-order chi connectivity index (χ1) is 8.76. The highest BCUT2D eigenvalue weighted by Gasteiger charge is 2.22. The highest BCUT2D eigenvalue weighted by atomic mass is 16.6. The Morgan fingerprint density at radius 1 is 1.63 bits per heavy atom. The molecule has 0 bridgehead atoms. The molecule has 1 amide bonds. The second kappa shape index (κ2) is 5.83. The van der Waals surface area contributed by atoms with Crippen molar-refractivity contribution < 1.29 is 14.8 Å². The molecule has 0 radical (unpaired) electrons. The Balaban J connectivity index is 2.71. The second-order valence-electron chi connectivity index (χ2n) is 4.88. The number of carbonyl (C=O) groups excluding carboxylic acids is 1. The molecule has 0 aliphatic carbocycles. The third-order valence-corrected chi connectivity index (χ3v) is 2.85. The van der Waals surface area contributed by atoms with E-state index in [0.29, 0.717) is 6.42 Å². The zero-order chi connectivity index (χ0) is 14.6. The summed E-state index contributed by atoms with van der Waals surface area (Å²) in [5, 5.41) is 23.1. The molecule has 1 aromatic rings. The van der Waals surface area contributed by atoms with Crippen LogP contribution >= 0.6 is 0 Å². The summed E-state index contributed by atoms with van der Waals surface area (Å²) in [7, 11) is 1.56. The Hall–Kier alpha value is -1.89. The van der Waals surface area contributed by atoms with Crippen molar-refractivity contribution in [1.82, 2.24) is 9.88 Å². The zero-order valence-corrected chi connectivity index (χ0v) is 11.3. The Morgan fingerprint density at radius 2 is 2.26 bits per heavy atom. The highest BCUT2D eigenvalue weighted by molar-refractivity contribution is 5.93. The lowest BCUT2D eigenvalue weighted by Crippen LogP contribution is -2.40. The van der Waals surface area contributed by atoms with Crippen LogP contribution in [0.3, 0.4) is 0 Å². The van der Waals surface area contributed by atoms with Crippen molar-refractivity contribution in [3.63, 3.8) is 0 Å². The Kier molecular flexibility index (Phi) is 4.66. The van der Waals surface area contributed by atoms with Crippen LogP contribution in [0.1, 0.15) is 37.2 Å². The number of rotatable bonds is 6. The monoisotopic (exact) mass is 269 g/mol. The number of hydrogen-bond donors (Lipinski definition) is 2. The van der Waals surface area contributed by atoms with E-state index in [-0.39, 0.29) is 17.9 Å². The average molecular weight is 269 g/mol. The maximum Gasteiger partial charge on any atom is 0.287 e. The molecule has 1 rings (SSSR count). The van der Waals surface area contributed by atoms with Gasteiger partial charge < -0.3 is 15.0 Å². The van der Waals surface area contributed by atoms with E-state index in [2.05, 4.69) is 5.32 Å². The number of nitro groups is 1. The summed E-state index contributed by atoms with van der Waals surface area (Å²) in [5.41, 5.74) is -0.909. The van der Waals surface area contributed by atoms with E-state index in [1.165, 1.54) is 16.8 Å². The first-order valence-electron chi connectivity index (χ1n) is 6.08. The van der Waals surface area contributed by atoms with E-state index in [9.17, 15) is 20.0 Å². The van der Waals surface area contributed by atoms with Gasteiger partial charge in [-0.1, -0.05) is 13.3 Å².